The second-order valence-corrected chi connectivity index (χ2v) is 6.20. The molecule has 0 spiro atoms. The number of carbonyl (C=O) groups is 1. The van der Waals surface area contributed by atoms with Gasteiger partial charge in [0.1, 0.15) is 0 Å². The molecule has 0 heterocycles. The van der Waals surface area contributed by atoms with Crippen molar-refractivity contribution in [2.45, 2.75) is 25.7 Å². The summed E-state index contributed by atoms with van der Waals surface area (Å²) in [5.74, 6) is 1.20. The molecule has 1 aliphatic carbocycles. The van der Waals surface area contributed by atoms with Crippen molar-refractivity contribution >= 4 is 33.4 Å². The molecule has 1 saturated carbocycles. The maximum atomic E-state index is 12.1. The van der Waals surface area contributed by atoms with E-state index in [9.17, 15) is 4.79 Å². The van der Waals surface area contributed by atoms with Gasteiger partial charge in [0, 0.05) is 11.9 Å². The highest BCUT2D eigenvalue weighted by molar-refractivity contribution is 9.09. The van der Waals surface area contributed by atoms with Crippen LogP contribution in [-0.2, 0) is 0 Å². The van der Waals surface area contributed by atoms with Crippen LogP contribution in [0.25, 0.3) is 0 Å². The van der Waals surface area contributed by atoms with Gasteiger partial charge >= 0.3 is 0 Å². The zero-order chi connectivity index (χ0) is 13.7. The van der Waals surface area contributed by atoms with Crippen LogP contribution in [0.2, 0.25) is 5.02 Å². The fraction of sp³-hybridized carbons (Fsp3) is 0.533. The van der Waals surface area contributed by atoms with Crippen LogP contribution in [0.15, 0.2) is 24.3 Å². The van der Waals surface area contributed by atoms with Gasteiger partial charge in [-0.3, -0.25) is 4.79 Å². The van der Waals surface area contributed by atoms with E-state index in [1.807, 2.05) is 12.1 Å². The number of hydrogen-bond donors (Lipinski definition) is 1. The number of hydrogen-bond acceptors (Lipinski definition) is 1. The third kappa shape index (κ3) is 3.96. The van der Waals surface area contributed by atoms with Gasteiger partial charge in [0.15, 0.2) is 0 Å². The Balaban J connectivity index is 1.91. The van der Waals surface area contributed by atoms with Crippen LogP contribution in [0.5, 0.6) is 0 Å². The normalized spacial score (nSPS) is 23.1. The average Bonchev–Trinajstić information content (AvgIpc) is 2.45. The summed E-state index contributed by atoms with van der Waals surface area (Å²) in [5, 5.41) is 4.57. The summed E-state index contributed by atoms with van der Waals surface area (Å²) in [6, 6.07) is 7.18. The summed E-state index contributed by atoms with van der Waals surface area (Å²) in [4.78, 5) is 12.1. The smallest absolute Gasteiger partial charge is 0.252 e. The van der Waals surface area contributed by atoms with Crippen LogP contribution in [0.4, 0.5) is 0 Å². The van der Waals surface area contributed by atoms with E-state index in [1.54, 1.807) is 12.1 Å². The average molecular weight is 345 g/mol. The van der Waals surface area contributed by atoms with Crippen LogP contribution >= 0.6 is 27.5 Å². The predicted molar refractivity (Wildman–Crippen MR) is 83.0 cm³/mol. The highest BCUT2D eigenvalue weighted by Gasteiger charge is 2.24. The van der Waals surface area contributed by atoms with E-state index in [1.165, 1.54) is 25.7 Å². The van der Waals surface area contributed by atoms with Crippen molar-refractivity contribution in [3.05, 3.63) is 34.9 Å². The van der Waals surface area contributed by atoms with Crippen LogP contribution in [-0.4, -0.2) is 17.8 Å². The molecular weight excluding hydrogens is 326 g/mol. The summed E-state index contributed by atoms with van der Waals surface area (Å²) < 4.78 is 0. The molecule has 104 valence electrons. The molecule has 1 aromatic rings. The first-order chi connectivity index (χ1) is 9.22. The molecule has 19 heavy (non-hydrogen) atoms. The first-order valence-corrected chi connectivity index (χ1v) is 8.31. The molecule has 1 aromatic carbocycles. The fourth-order valence-electron chi connectivity index (χ4n) is 2.72. The summed E-state index contributed by atoms with van der Waals surface area (Å²) in [7, 11) is 0. The SMILES string of the molecule is O=C(NCC1CCCCC1CBr)c1ccccc1Cl. The minimum Gasteiger partial charge on any atom is -0.352 e. The highest BCUT2D eigenvalue weighted by atomic mass is 79.9. The van der Waals surface area contributed by atoms with E-state index in [0.717, 1.165) is 11.9 Å². The predicted octanol–water partition coefficient (Wildman–Crippen LogP) is 4.27. The molecule has 2 unspecified atom stereocenters. The first kappa shape index (κ1) is 14.9. The second kappa shape index (κ2) is 7.30. The van der Waals surface area contributed by atoms with Crippen LogP contribution < -0.4 is 5.32 Å². The van der Waals surface area contributed by atoms with Crippen LogP contribution in [0, 0.1) is 11.8 Å². The number of alkyl halides is 1. The van der Waals surface area contributed by atoms with E-state index in [0.29, 0.717) is 22.4 Å². The molecule has 1 fully saturated rings. The van der Waals surface area contributed by atoms with Crippen LogP contribution in [0.3, 0.4) is 0 Å². The van der Waals surface area contributed by atoms with Crippen molar-refractivity contribution in [2.75, 3.05) is 11.9 Å². The molecule has 2 nitrogen and oxygen atoms in total. The molecule has 4 heteroatoms. The lowest BCUT2D eigenvalue weighted by Gasteiger charge is -2.30. The lowest BCUT2D eigenvalue weighted by atomic mass is 9.80. The number of carbonyl (C=O) groups excluding carboxylic acids is 1. The van der Waals surface area contributed by atoms with Gasteiger partial charge in [-0.2, -0.15) is 0 Å². The Kier molecular flexibility index (Phi) is 5.71. The van der Waals surface area contributed by atoms with Gasteiger partial charge in [-0.05, 0) is 36.8 Å². The molecule has 1 aliphatic rings. The standard InChI is InChI=1S/C15H19BrClNO/c16-9-11-5-1-2-6-12(11)10-18-15(19)13-7-3-4-8-14(13)17/h3-4,7-8,11-12H,1-2,5-6,9-10H2,(H,18,19). The molecule has 2 atom stereocenters. The van der Waals surface area contributed by atoms with Gasteiger partial charge in [-0.25, -0.2) is 0 Å². The molecule has 1 N–H and O–H groups in total. The molecule has 1 amide bonds. The van der Waals surface area contributed by atoms with Gasteiger partial charge in [-0.1, -0.05) is 52.5 Å². The van der Waals surface area contributed by atoms with Gasteiger partial charge in [-0.15, -0.1) is 0 Å². The summed E-state index contributed by atoms with van der Waals surface area (Å²) in [6.07, 6.45) is 5.05. The quantitative estimate of drug-likeness (QED) is 0.812. The number of rotatable bonds is 4. The fourth-order valence-corrected chi connectivity index (χ4v) is 3.79. The van der Waals surface area contributed by atoms with Crippen molar-refractivity contribution in [1.29, 1.82) is 0 Å². The van der Waals surface area contributed by atoms with Crippen molar-refractivity contribution in [1.82, 2.24) is 5.32 Å². The van der Waals surface area contributed by atoms with E-state index >= 15 is 0 Å². The second-order valence-electron chi connectivity index (χ2n) is 5.15. The Bertz CT molecular complexity index is 438. The number of benzene rings is 1. The lowest BCUT2D eigenvalue weighted by Crippen LogP contribution is -2.34. The van der Waals surface area contributed by atoms with Gasteiger partial charge in [0.2, 0.25) is 0 Å². The summed E-state index contributed by atoms with van der Waals surface area (Å²) in [5.41, 5.74) is 0.565. The Morgan fingerprint density at radius 3 is 2.63 bits per heavy atom. The third-order valence-electron chi connectivity index (χ3n) is 3.91. The van der Waals surface area contributed by atoms with Gasteiger partial charge in [0.25, 0.3) is 5.91 Å². The molecule has 2 rings (SSSR count). The van der Waals surface area contributed by atoms with Crippen molar-refractivity contribution in [3.8, 4) is 0 Å². The van der Waals surface area contributed by atoms with Crippen molar-refractivity contribution < 1.29 is 4.79 Å². The third-order valence-corrected chi connectivity index (χ3v) is 5.07. The highest BCUT2D eigenvalue weighted by Crippen LogP contribution is 2.30. The summed E-state index contributed by atoms with van der Waals surface area (Å²) in [6.45, 7) is 0.750. The zero-order valence-electron chi connectivity index (χ0n) is 10.9. The van der Waals surface area contributed by atoms with Gasteiger partial charge in [0.05, 0.1) is 10.6 Å². The monoisotopic (exact) mass is 343 g/mol. The molecule has 0 radical (unpaired) electrons. The van der Waals surface area contributed by atoms with Crippen molar-refractivity contribution in [3.63, 3.8) is 0 Å². The number of amides is 1. The molecule has 0 saturated heterocycles. The number of halogens is 2. The zero-order valence-corrected chi connectivity index (χ0v) is 13.2. The molecular formula is C15H19BrClNO. The van der Waals surface area contributed by atoms with Crippen molar-refractivity contribution in [2.24, 2.45) is 11.8 Å². The maximum Gasteiger partial charge on any atom is 0.252 e. The topological polar surface area (TPSA) is 29.1 Å². The first-order valence-electron chi connectivity index (χ1n) is 6.81. The Morgan fingerprint density at radius 2 is 1.95 bits per heavy atom. The Labute approximate surface area is 128 Å². The minimum absolute atomic E-state index is 0.0653. The molecule has 0 aromatic heterocycles. The van der Waals surface area contributed by atoms with E-state index < -0.39 is 0 Å². The largest absolute Gasteiger partial charge is 0.352 e. The maximum absolute atomic E-state index is 12.1. The van der Waals surface area contributed by atoms with E-state index in [-0.39, 0.29) is 5.91 Å². The van der Waals surface area contributed by atoms with Gasteiger partial charge < -0.3 is 5.32 Å². The minimum atomic E-state index is -0.0653. The Hall–Kier alpha value is -0.540. The lowest BCUT2D eigenvalue weighted by molar-refractivity contribution is 0.0937. The van der Waals surface area contributed by atoms with Crippen LogP contribution in [0.1, 0.15) is 36.0 Å². The Morgan fingerprint density at radius 1 is 1.26 bits per heavy atom. The number of nitrogens with one attached hydrogen (secondary N) is 1. The molecule has 0 aliphatic heterocycles. The summed E-state index contributed by atoms with van der Waals surface area (Å²) >= 11 is 9.61. The van der Waals surface area contributed by atoms with E-state index in [2.05, 4.69) is 21.2 Å². The van der Waals surface area contributed by atoms with E-state index in [4.69, 9.17) is 11.6 Å². The molecule has 0 bridgehead atoms.